The van der Waals surface area contributed by atoms with Crippen LogP contribution in [0, 0.1) is 18.3 Å². The number of amides is 1. The first-order valence-corrected chi connectivity index (χ1v) is 13.4. The first-order valence-electron chi connectivity index (χ1n) is 14.1. The second-order valence-electron chi connectivity index (χ2n) is 11.6. The fourth-order valence-electron chi connectivity index (χ4n) is 7.00. The fourth-order valence-corrected chi connectivity index (χ4v) is 7.00. The van der Waals surface area contributed by atoms with Gasteiger partial charge in [-0.3, -0.25) is 4.79 Å². The number of aryl methyl sites for hydroxylation is 1. The number of rotatable bonds is 6. The molecule has 4 aliphatic rings. The molecule has 7 nitrogen and oxygen atoms in total. The van der Waals surface area contributed by atoms with Crippen molar-refractivity contribution >= 4 is 11.7 Å². The molecule has 5 rings (SSSR count). The van der Waals surface area contributed by atoms with Gasteiger partial charge in [-0.05, 0) is 57.1 Å². The number of carbonyl (C=O) groups excluding carboxylic acids is 1. The molecule has 2 bridgehead atoms. The molecule has 1 amide bonds. The third-order valence-electron chi connectivity index (χ3n) is 9.11. The molecule has 1 aliphatic carbocycles. The first-order chi connectivity index (χ1) is 18.0. The molecule has 0 unspecified atom stereocenters. The van der Waals surface area contributed by atoms with Crippen molar-refractivity contribution in [1.29, 1.82) is 0 Å². The normalized spacial score (nSPS) is 34.5. The third kappa shape index (κ3) is 4.96. The third-order valence-corrected chi connectivity index (χ3v) is 9.11. The number of carbonyl (C=O) groups is 1. The molecular weight excluding hydrogens is 485 g/mol. The maximum Gasteiger partial charge on any atom is 0.416 e. The molecule has 1 aromatic heterocycles. The number of nitrogens with one attached hydrogen (secondary N) is 1. The quantitative estimate of drug-likeness (QED) is 0.610. The second kappa shape index (κ2) is 10.0. The number of fused-ring (bicyclic) bond motifs is 2. The predicted molar refractivity (Wildman–Crippen MR) is 133 cm³/mol. The van der Waals surface area contributed by atoms with Crippen LogP contribution in [0.3, 0.4) is 0 Å². The summed E-state index contributed by atoms with van der Waals surface area (Å²) in [7, 11) is -0.102. The summed E-state index contributed by atoms with van der Waals surface area (Å²) in [5.74, 6) is 0.699. The molecule has 1 saturated carbocycles. The monoisotopic (exact) mass is 525 g/mol. The van der Waals surface area contributed by atoms with Crippen molar-refractivity contribution in [1.82, 2.24) is 15.2 Å². The Bertz CT molecular complexity index is 1030. The lowest BCUT2D eigenvalue weighted by molar-refractivity contribution is -0.146. The molecule has 0 aromatic carbocycles. The molecule has 1 aromatic rings. The van der Waals surface area contributed by atoms with E-state index in [-0.39, 0.29) is 49.2 Å². The van der Waals surface area contributed by atoms with Crippen molar-refractivity contribution in [2.75, 3.05) is 38.3 Å². The molecule has 37 heavy (non-hydrogen) atoms. The molecular formula is C27H39F3N4O3. The Morgan fingerprint density at radius 3 is 2.78 bits per heavy atom. The van der Waals surface area contributed by atoms with E-state index in [0.29, 0.717) is 37.8 Å². The number of aromatic nitrogens is 1. The Morgan fingerprint density at radius 1 is 1.30 bits per heavy atom. The average molecular weight is 526 g/mol. The van der Waals surface area contributed by atoms with Gasteiger partial charge < -0.3 is 24.6 Å². The Kier molecular flexibility index (Phi) is 6.86. The Balaban J connectivity index is 1.26. The number of methoxy groups -OCH3 is 1. The van der Waals surface area contributed by atoms with Crippen molar-refractivity contribution in [3.05, 3.63) is 23.4 Å². The van der Waals surface area contributed by atoms with Gasteiger partial charge in [-0.1, -0.05) is 13.8 Å². The van der Waals surface area contributed by atoms with Gasteiger partial charge in [0.05, 0.1) is 37.1 Å². The van der Waals surface area contributed by atoms with Crippen molar-refractivity contribution in [2.45, 2.75) is 89.3 Å². The first kappa shape index (κ1) is 25.4. The molecule has 10 heteroatoms. The summed E-state index contributed by atoms with van der Waals surface area (Å²) in [6, 6.07) is 2.47. The summed E-state index contributed by atoms with van der Waals surface area (Å²) < 4.78 is 58.7. The molecule has 206 valence electrons. The molecule has 0 radical (unpaired) electrons. The highest BCUT2D eigenvalue weighted by Gasteiger charge is 2.55. The lowest BCUT2D eigenvalue weighted by atomic mass is 9.74. The van der Waals surface area contributed by atoms with E-state index in [4.69, 9.17) is 10.8 Å². The van der Waals surface area contributed by atoms with Gasteiger partial charge in [0.1, 0.15) is 5.82 Å². The molecule has 1 N–H and O–H groups in total. The van der Waals surface area contributed by atoms with Gasteiger partial charge in [-0.2, -0.15) is 13.2 Å². The van der Waals surface area contributed by atoms with E-state index in [0.717, 1.165) is 44.2 Å². The second-order valence-corrected chi connectivity index (χ2v) is 11.6. The number of hydrogen-bond acceptors (Lipinski definition) is 6. The van der Waals surface area contributed by atoms with Crippen LogP contribution in [0.1, 0.15) is 58.6 Å². The largest absolute Gasteiger partial charge is 0.416 e. The SMILES string of the molecule is [2H]CO[C@@H]1COCC[C@@H]1N[C@@H]1CC[C@@](C(=O)N2C[C@@H]3C[C@H]2CN3c2cc(C(F)(F)F)cc(C)n2)(C(C)C)C1. The van der Waals surface area contributed by atoms with Crippen LogP contribution in [0.2, 0.25) is 0 Å². The van der Waals surface area contributed by atoms with E-state index < -0.39 is 17.2 Å². The molecule has 0 spiro atoms. The maximum absolute atomic E-state index is 14.1. The van der Waals surface area contributed by atoms with E-state index >= 15 is 0 Å². The summed E-state index contributed by atoms with van der Waals surface area (Å²) in [5, 5.41) is 3.73. The minimum atomic E-state index is -4.42. The Labute approximate surface area is 218 Å². The minimum Gasteiger partial charge on any atom is -0.379 e. The zero-order chi connectivity index (χ0) is 27.2. The smallest absolute Gasteiger partial charge is 0.379 e. The molecule has 3 aliphatic heterocycles. The molecule has 4 fully saturated rings. The Hall–Kier alpha value is -1.91. The standard InChI is InChI=1S/C27H39F3N4O3/c1-16(2)26(7-5-19(12-26)32-22-6-8-37-15-23(22)36-4)25(35)34-14-20-11-21(34)13-33(20)24-10-18(27(28,29)30)9-17(3)31-24/h9-10,16,19-23,32H,5-8,11-15H2,1-4H3/t19-,20+,21+,22+,23-,26+/m1/s1/i4D. The van der Waals surface area contributed by atoms with Crippen molar-refractivity contribution in [3.8, 4) is 0 Å². The van der Waals surface area contributed by atoms with Gasteiger partial charge in [0.2, 0.25) is 5.91 Å². The van der Waals surface area contributed by atoms with Crippen LogP contribution in [0.25, 0.3) is 0 Å². The topological polar surface area (TPSA) is 66.9 Å². The number of pyridine rings is 1. The number of nitrogens with zero attached hydrogens (tertiary/aromatic N) is 3. The molecule has 4 heterocycles. The number of piperazine rings is 1. The van der Waals surface area contributed by atoms with Crippen LogP contribution < -0.4 is 10.2 Å². The van der Waals surface area contributed by atoms with Gasteiger partial charge in [0.25, 0.3) is 0 Å². The zero-order valence-corrected chi connectivity index (χ0v) is 21.9. The average Bonchev–Trinajstić information content (AvgIpc) is 3.59. The molecule has 6 atom stereocenters. The van der Waals surface area contributed by atoms with Crippen molar-refractivity contribution in [3.63, 3.8) is 0 Å². The fraction of sp³-hybridized carbons (Fsp3) is 0.778. The van der Waals surface area contributed by atoms with Gasteiger partial charge >= 0.3 is 6.18 Å². The van der Waals surface area contributed by atoms with Crippen LogP contribution in [0.5, 0.6) is 0 Å². The summed E-state index contributed by atoms with van der Waals surface area (Å²) in [4.78, 5) is 22.5. The van der Waals surface area contributed by atoms with Crippen LogP contribution in [0.4, 0.5) is 19.0 Å². The van der Waals surface area contributed by atoms with Gasteiger partial charge in [0, 0.05) is 44.6 Å². The lowest BCUT2D eigenvalue weighted by Crippen LogP contribution is -2.55. The highest BCUT2D eigenvalue weighted by Crippen LogP contribution is 2.48. The van der Waals surface area contributed by atoms with E-state index in [2.05, 4.69) is 24.1 Å². The van der Waals surface area contributed by atoms with E-state index in [1.165, 1.54) is 0 Å². The predicted octanol–water partition coefficient (Wildman–Crippen LogP) is 3.79. The van der Waals surface area contributed by atoms with Crippen LogP contribution >= 0.6 is 0 Å². The number of ether oxygens (including phenoxy) is 2. The summed E-state index contributed by atoms with van der Waals surface area (Å²) in [5.41, 5.74) is -0.804. The number of alkyl halides is 3. The number of likely N-dealkylation sites (tertiary alicyclic amines) is 1. The Morgan fingerprint density at radius 2 is 2.11 bits per heavy atom. The van der Waals surface area contributed by atoms with Gasteiger partial charge in [-0.15, -0.1) is 0 Å². The lowest BCUT2D eigenvalue weighted by Gasteiger charge is -2.42. The summed E-state index contributed by atoms with van der Waals surface area (Å²) in [6.45, 7) is 7.99. The number of anilines is 1. The van der Waals surface area contributed by atoms with Crippen LogP contribution in [-0.4, -0.2) is 79.5 Å². The van der Waals surface area contributed by atoms with E-state index in [9.17, 15) is 18.0 Å². The highest BCUT2D eigenvalue weighted by molar-refractivity contribution is 5.84. The van der Waals surface area contributed by atoms with E-state index in [1.54, 1.807) is 6.92 Å². The zero-order valence-electron chi connectivity index (χ0n) is 22.9. The number of hydrogen-bond donors (Lipinski definition) is 1. The molecule has 3 saturated heterocycles. The van der Waals surface area contributed by atoms with Crippen LogP contribution in [0.15, 0.2) is 12.1 Å². The summed E-state index contributed by atoms with van der Waals surface area (Å²) >= 11 is 0. The van der Waals surface area contributed by atoms with Crippen LogP contribution in [-0.2, 0) is 20.4 Å². The maximum atomic E-state index is 14.1. The number of halogens is 3. The van der Waals surface area contributed by atoms with Crippen molar-refractivity contribution in [2.24, 2.45) is 11.3 Å². The van der Waals surface area contributed by atoms with Gasteiger partial charge in [-0.25, -0.2) is 4.98 Å². The highest BCUT2D eigenvalue weighted by atomic mass is 19.4. The summed E-state index contributed by atoms with van der Waals surface area (Å²) in [6.07, 6.45) is -0.542. The van der Waals surface area contributed by atoms with Crippen molar-refractivity contribution < 1.29 is 28.8 Å². The van der Waals surface area contributed by atoms with E-state index in [1.807, 2.05) is 9.80 Å². The van der Waals surface area contributed by atoms with Gasteiger partial charge in [0.15, 0.2) is 0 Å². The minimum absolute atomic E-state index is 0.0166.